The van der Waals surface area contributed by atoms with Crippen LogP contribution in [0.1, 0.15) is 43.7 Å². The van der Waals surface area contributed by atoms with E-state index in [0.29, 0.717) is 11.0 Å². The molecule has 2 aromatic rings. The van der Waals surface area contributed by atoms with Crippen LogP contribution in [-0.2, 0) is 11.2 Å². The predicted molar refractivity (Wildman–Crippen MR) is 86.6 cm³/mol. The number of benzene rings is 1. The first kappa shape index (κ1) is 15.6. The summed E-state index contributed by atoms with van der Waals surface area (Å²) in [5.74, 6) is 0.397. The van der Waals surface area contributed by atoms with Crippen LogP contribution in [0.4, 0.5) is 5.13 Å². The number of nitrogens with zero attached hydrogens (tertiary/aromatic N) is 2. The highest BCUT2D eigenvalue weighted by atomic mass is 32.1. The van der Waals surface area contributed by atoms with Gasteiger partial charge in [0.1, 0.15) is 5.01 Å². The zero-order valence-corrected chi connectivity index (χ0v) is 13.5. The Morgan fingerprint density at radius 3 is 2.62 bits per heavy atom. The summed E-state index contributed by atoms with van der Waals surface area (Å²) in [6.45, 7) is 6.08. The van der Waals surface area contributed by atoms with E-state index in [-0.39, 0.29) is 11.8 Å². The van der Waals surface area contributed by atoms with E-state index in [1.807, 2.05) is 32.0 Å². The molecule has 0 fully saturated rings. The minimum absolute atomic E-state index is 0.000548. The van der Waals surface area contributed by atoms with Gasteiger partial charge in [0.15, 0.2) is 0 Å². The average molecular weight is 303 g/mol. The SMILES string of the molecule is CCC(C)C(=O)Nc1nnc(CC(C)c2ccccc2)s1. The number of carbonyl (C=O) groups excluding carboxylic acids is 1. The fourth-order valence-corrected chi connectivity index (χ4v) is 2.83. The summed E-state index contributed by atoms with van der Waals surface area (Å²) in [5.41, 5.74) is 1.29. The van der Waals surface area contributed by atoms with Gasteiger partial charge in [0.2, 0.25) is 11.0 Å². The van der Waals surface area contributed by atoms with Crippen molar-refractivity contribution in [2.75, 3.05) is 5.32 Å². The molecule has 1 amide bonds. The molecule has 2 atom stereocenters. The Kier molecular flexibility index (Phi) is 5.44. The number of nitrogens with one attached hydrogen (secondary N) is 1. The molecule has 0 aliphatic heterocycles. The second-order valence-corrected chi connectivity index (χ2v) is 6.38. The molecule has 2 rings (SSSR count). The number of aromatic nitrogens is 2. The highest BCUT2D eigenvalue weighted by Gasteiger charge is 2.15. The maximum atomic E-state index is 11.8. The largest absolute Gasteiger partial charge is 0.300 e. The quantitative estimate of drug-likeness (QED) is 0.881. The van der Waals surface area contributed by atoms with Gasteiger partial charge >= 0.3 is 0 Å². The highest BCUT2D eigenvalue weighted by molar-refractivity contribution is 7.15. The molecule has 0 spiro atoms. The monoisotopic (exact) mass is 303 g/mol. The Morgan fingerprint density at radius 2 is 1.95 bits per heavy atom. The number of amides is 1. The molecule has 2 unspecified atom stereocenters. The smallest absolute Gasteiger partial charge is 0.229 e. The average Bonchev–Trinajstić information content (AvgIpc) is 2.94. The lowest BCUT2D eigenvalue weighted by Crippen LogP contribution is -2.19. The number of rotatable bonds is 6. The van der Waals surface area contributed by atoms with E-state index < -0.39 is 0 Å². The van der Waals surface area contributed by atoms with Gasteiger partial charge in [-0.1, -0.05) is 62.4 Å². The van der Waals surface area contributed by atoms with Crippen molar-refractivity contribution >= 4 is 22.4 Å². The molecule has 0 aliphatic carbocycles. The summed E-state index contributed by atoms with van der Waals surface area (Å²) in [5, 5.41) is 12.6. The topological polar surface area (TPSA) is 54.9 Å². The van der Waals surface area contributed by atoms with Crippen LogP contribution >= 0.6 is 11.3 Å². The molecule has 0 radical (unpaired) electrons. The van der Waals surface area contributed by atoms with Crippen LogP contribution in [0.25, 0.3) is 0 Å². The van der Waals surface area contributed by atoms with Crippen molar-refractivity contribution in [2.45, 2.75) is 39.5 Å². The molecule has 1 N–H and O–H groups in total. The molecule has 1 aromatic heterocycles. The third-order valence-corrected chi connectivity index (χ3v) is 4.47. The fraction of sp³-hybridized carbons (Fsp3) is 0.438. The van der Waals surface area contributed by atoms with Crippen molar-refractivity contribution in [2.24, 2.45) is 5.92 Å². The van der Waals surface area contributed by atoms with E-state index in [4.69, 9.17) is 0 Å². The standard InChI is InChI=1S/C16H21N3OS/c1-4-11(2)15(20)17-16-19-18-14(21-16)10-12(3)13-8-6-5-7-9-13/h5-9,11-12H,4,10H2,1-3H3,(H,17,19,20). The summed E-state index contributed by atoms with van der Waals surface area (Å²) in [6, 6.07) is 10.4. The van der Waals surface area contributed by atoms with Crippen LogP contribution < -0.4 is 5.32 Å². The molecule has 112 valence electrons. The molecule has 0 bridgehead atoms. The Labute approximate surface area is 129 Å². The van der Waals surface area contributed by atoms with E-state index in [9.17, 15) is 4.79 Å². The molecule has 1 aromatic carbocycles. The van der Waals surface area contributed by atoms with Crippen LogP contribution in [0.2, 0.25) is 0 Å². The molecular formula is C16H21N3OS. The van der Waals surface area contributed by atoms with Crippen molar-refractivity contribution in [1.82, 2.24) is 10.2 Å². The second-order valence-electron chi connectivity index (χ2n) is 5.32. The molecule has 5 heteroatoms. The lowest BCUT2D eigenvalue weighted by atomic mass is 9.98. The maximum absolute atomic E-state index is 11.8. The second kappa shape index (κ2) is 7.31. The van der Waals surface area contributed by atoms with Crippen molar-refractivity contribution in [3.8, 4) is 0 Å². The van der Waals surface area contributed by atoms with Gasteiger partial charge in [-0.05, 0) is 17.9 Å². The van der Waals surface area contributed by atoms with E-state index >= 15 is 0 Å². The molecular weight excluding hydrogens is 282 g/mol. The van der Waals surface area contributed by atoms with Crippen LogP contribution in [0.5, 0.6) is 0 Å². The van der Waals surface area contributed by atoms with Crippen molar-refractivity contribution in [3.05, 3.63) is 40.9 Å². The van der Waals surface area contributed by atoms with Crippen molar-refractivity contribution in [3.63, 3.8) is 0 Å². The predicted octanol–water partition coefficient (Wildman–Crippen LogP) is 3.87. The van der Waals surface area contributed by atoms with Gasteiger partial charge in [-0.2, -0.15) is 0 Å². The lowest BCUT2D eigenvalue weighted by Gasteiger charge is -2.09. The fourth-order valence-electron chi connectivity index (χ4n) is 1.96. The van der Waals surface area contributed by atoms with E-state index in [1.165, 1.54) is 16.9 Å². The Morgan fingerprint density at radius 1 is 1.24 bits per heavy atom. The minimum atomic E-state index is 0.000548. The zero-order chi connectivity index (χ0) is 15.2. The van der Waals surface area contributed by atoms with Gasteiger partial charge in [-0.15, -0.1) is 10.2 Å². The molecule has 0 saturated heterocycles. The minimum Gasteiger partial charge on any atom is -0.300 e. The summed E-state index contributed by atoms with van der Waals surface area (Å²) < 4.78 is 0. The van der Waals surface area contributed by atoms with Gasteiger partial charge < -0.3 is 5.32 Å². The van der Waals surface area contributed by atoms with Gasteiger partial charge in [-0.3, -0.25) is 4.79 Å². The van der Waals surface area contributed by atoms with Crippen LogP contribution in [-0.4, -0.2) is 16.1 Å². The number of carbonyl (C=O) groups is 1. The number of hydrogen-bond donors (Lipinski definition) is 1. The number of anilines is 1. The first-order valence-corrected chi connectivity index (χ1v) is 8.10. The van der Waals surface area contributed by atoms with Crippen LogP contribution in [0, 0.1) is 5.92 Å². The van der Waals surface area contributed by atoms with E-state index in [1.54, 1.807) is 0 Å². The molecule has 21 heavy (non-hydrogen) atoms. The normalized spacial score (nSPS) is 13.7. The zero-order valence-electron chi connectivity index (χ0n) is 12.7. The molecule has 4 nitrogen and oxygen atoms in total. The summed E-state index contributed by atoms with van der Waals surface area (Å²) in [7, 11) is 0. The van der Waals surface area contributed by atoms with E-state index in [0.717, 1.165) is 17.8 Å². The van der Waals surface area contributed by atoms with Crippen molar-refractivity contribution < 1.29 is 4.79 Å². The van der Waals surface area contributed by atoms with Gasteiger partial charge in [0.05, 0.1) is 0 Å². The third-order valence-electron chi connectivity index (χ3n) is 3.61. The first-order chi connectivity index (χ1) is 10.1. The Hall–Kier alpha value is -1.75. The lowest BCUT2D eigenvalue weighted by molar-refractivity contribution is -0.119. The molecule has 0 saturated carbocycles. The summed E-state index contributed by atoms with van der Waals surface area (Å²) >= 11 is 1.46. The maximum Gasteiger partial charge on any atom is 0.229 e. The van der Waals surface area contributed by atoms with Gasteiger partial charge in [0, 0.05) is 12.3 Å². The van der Waals surface area contributed by atoms with Crippen LogP contribution in [0.3, 0.4) is 0 Å². The third kappa shape index (κ3) is 4.36. The van der Waals surface area contributed by atoms with Crippen molar-refractivity contribution in [1.29, 1.82) is 0 Å². The van der Waals surface area contributed by atoms with Gasteiger partial charge in [0.25, 0.3) is 0 Å². The van der Waals surface area contributed by atoms with Crippen LogP contribution in [0.15, 0.2) is 30.3 Å². The highest BCUT2D eigenvalue weighted by Crippen LogP contribution is 2.24. The summed E-state index contributed by atoms with van der Waals surface area (Å²) in [6.07, 6.45) is 1.66. The Bertz CT molecular complexity index is 582. The molecule has 0 aliphatic rings. The first-order valence-electron chi connectivity index (χ1n) is 7.28. The molecule has 1 heterocycles. The number of hydrogen-bond acceptors (Lipinski definition) is 4. The van der Waals surface area contributed by atoms with E-state index in [2.05, 4.69) is 34.6 Å². The summed E-state index contributed by atoms with van der Waals surface area (Å²) in [4.78, 5) is 11.8. The van der Waals surface area contributed by atoms with Gasteiger partial charge in [-0.25, -0.2) is 0 Å². The Balaban J connectivity index is 1.96.